The topological polar surface area (TPSA) is 93.1 Å². The lowest BCUT2D eigenvalue weighted by atomic mass is 9.80. The number of ketones is 1. The Bertz CT molecular complexity index is 479. The van der Waals surface area contributed by atoms with Crippen molar-refractivity contribution in [2.75, 3.05) is 7.11 Å². The van der Waals surface area contributed by atoms with Crippen molar-refractivity contribution in [1.29, 1.82) is 0 Å². The molecule has 1 rings (SSSR count). The van der Waals surface area contributed by atoms with E-state index < -0.39 is 29.8 Å². The molecule has 2 N–H and O–H groups in total. The van der Waals surface area contributed by atoms with Crippen molar-refractivity contribution >= 4 is 11.8 Å². The molecule has 0 spiro atoms. The van der Waals surface area contributed by atoms with Crippen molar-refractivity contribution in [3.8, 4) is 0 Å². The van der Waals surface area contributed by atoms with Gasteiger partial charge in [0.05, 0.1) is 17.6 Å². The summed E-state index contributed by atoms with van der Waals surface area (Å²) >= 11 is 0. The van der Waals surface area contributed by atoms with Crippen molar-refractivity contribution in [3.63, 3.8) is 0 Å². The van der Waals surface area contributed by atoms with Gasteiger partial charge in [0.25, 0.3) is 0 Å². The molecule has 1 heterocycles. The fourth-order valence-corrected chi connectivity index (χ4v) is 3.73. The Balaban J connectivity index is 3.10. The van der Waals surface area contributed by atoms with Crippen molar-refractivity contribution < 1.29 is 29.3 Å². The molecule has 7 atom stereocenters. The van der Waals surface area contributed by atoms with Crippen LogP contribution >= 0.6 is 0 Å². The number of aliphatic hydroxyl groups is 2. The number of carbonyl (C=O) groups excluding carboxylic acids is 2. The first-order chi connectivity index (χ1) is 12.1. The summed E-state index contributed by atoms with van der Waals surface area (Å²) in [6.45, 7) is 9.00. The lowest BCUT2D eigenvalue weighted by Crippen LogP contribution is -2.47. The number of hydrogen-bond acceptors (Lipinski definition) is 6. The Morgan fingerprint density at radius 2 is 1.77 bits per heavy atom. The van der Waals surface area contributed by atoms with Gasteiger partial charge in [-0.15, -0.1) is 0 Å². The molecule has 152 valence electrons. The molecule has 0 aliphatic carbocycles. The number of rotatable bonds is 2. The molecule has 0 aromatic heterocycles. The normalized spacial score (nSPS) is 41.4. The van der Waals surface area contributed by atoms with Crippen LogP contribution in [0.5, 0.6) is 0 Å². The van der Waals surface area contributed by atoms with Crippen LogP contribution in [0.25, 0.3) is 0 Å². The standard InChI is InChI=1S/C20H36O6/c1-7-15-18(23)17(22)14(4)16(21)13(3)11-20(5,25-6)10-8-9-12(2)19(24)26-15/h12-15,17-18,22-23H,7-11H2,1-6H3/t12?,13-,14?,15-,17?,18?,20+/m1/s1. The maximum Gasteiger partial charge on any atom is 0.309 e. The fraction of sp³-hybridized carbons (Fsp3) is 0.900. The number of carbonyl (C=O) groups is 2. The fourth-order valence-electron chi connectivity index (χ4n) is 3.73. The van der Waals surface area contributed by atoms with Gasteiger partial charge in [0.2, 0.25) is 0 Å². The molecule has 0 aromatic carbocycles. The SMILES string of the molecule is CC[C@H]1OC(=O)C(C)CCC[C@](C)(OC)C[C@@H](C)C(=O)C(C)C(O)C1O. The van der Waals surface area contributed by atoms with Crippen molar-refractivity contribution in [2.24, 2.45) is 17.8 Å². The van der Waals surface area contributed by atoms with Gasteiger partial charge in [-0.25, -0.2) is 0 Å². The number of ether oxygens (including phenoxy) is 2. The van der Waals surface area contributed by atoms with Crippen LogP contribution < -0.4 is 0 Å². The van der Waals surface area contributed by atoms with Crippen LogP contribution in [0.4, 0.5) is 0 Å². The molecule has 4 unspecified atom stereocenters. The highest BCUT2D eigenvalue weighted by atomic mass is 16.6. The number of hydrogen-bond donors (Lipinski definition) is 2. The number of Topliss-reactive ketones (excluding diaryl/α,β-unsaturated/α-hetero) is 1. The van der Waals surface area contributed by atoms with Crippen molar-refractivity contribution in [1.82, 2.24) is 0 Å². The van der Waals surface area contributed by atoms with E-state index in [0.717, 1.165) is 12.8 Å². The predicted octanol–water partition coefficient (Wildman–Crippen LogP) is 2.49. The summed E-state index contributed by atoms with van der Waals surface area (Å²) in [6.07, 6.45) is -0.341. The summed E-state index contributed by atoms with van der Waals surface area (Å²) in [7, 11) is 1.63. The van der Waals surface area contributed by atoms with Crippen LogP contribution in [0.3, 0.4) is 0 Å². The molecule has 0 aromatic rings. The molecule has 0 bridgehead atoms. The van der Waals surface area contributed by atoms with E-state index in [1.807, 2.05) is 20.8 Å². The van der Waals surface area contributed by atoms with Gasteiger partial charge in [-0.05, 0) is 39.0 Å². The van der Waals surface area contributed by atoms with E-state index >= 15 is 0 Å². The molecule has 1 saturated heterocycles. The van der Waals surface area contributed by atoms with Gasteiger partial charge in [-0.1, -0.05) is 27.7 Å². The molecule has 6 heteroatoms. The minimum absolute atomic E-state index is 0.119. The Morgan fingerprint density at radius 3 is 2.31 bits per heavy atom. The Labute approximate surface area is 157 Å². The van der Waals surface area contributed by atoms with E-state index in [4.69, 9.17) is 9.47 Å². The Morgan fingerprint density at radius 1 is 1.15 bits per heavy atom. The maximum atomic E-state index is 12.8. The first-order valence-corrected chi connectivity index (χ1v) is 9.71. The van der Waals surface area contributed by atoms with Crippen LogP contribution in [0.1, 0.15) is 66.7 Å². The zero-order chi connectivity index (χ0) is 20.1. The quantitative estimate of drug-likeness (QED) is 0.724. The first kappa shape index (κ1) is 23.1. The number of esters is 1. The zero-order valence-corrected chi connectivity index (χ0v) is 17.0. The summed E-state index contributed by atoms with van der Waals surface area (Å²) in [5.74, 6) is -1.86. The van der Waals surface area contributed by atoms with E-state index in [-0.39, 0.29) is 23.6 Å². The third-order valence-electron chi connectivity index (χ3n) is 5.82. The highest BCUT2D eigenvalue weighted by molar-refractivity contribution is 5.83. The summed E-state index contributed by atoms with van der Waals surface area (Å²) in [5, 5.41) is 21.0. The second kappa shape index (κ2) is 9.81. The molecular formula is C20H36O6. The second-order valence-corrected chi connectivity index (χ2v) is 8.11. The largest absolute Gasteiger partial charge is 0.459 e. The Kier molecular flexibility index (Phi) is 8.70. The average Bonchev–Trinajstić information content (AvgIpc) is 2.62. The van der Waals surface area contributed by atoms with E-state index in [9.17, 15) is 19.8 Å². The van der Waals surface area contributed by atoms with Gasteiger partial charge in [0, 0.05) is 18.9 Å². The highest BCUT2D eigenvalue weighted by Gasteiger charge is 2.38. The molecule has 0 radical (unpaired) electrons. The smallest absolute Gasteiger partial charge is 0.309 e. The van der Waals surface area contributed by atoms with Gasteiger partial charge in [-0.2, -0.15) is 0 Å². The molecule has 0 amide bonds. The second-order valence-electron chi connectivity index (χ2n) is 8.11. The van der Waals surface area contributed by atoms with Crippen LogP contribution in [0.2, 0.25) is 0 Å². The minimum atomic E-state index is -1.29. The number of methoxy groups -OCH3 is 1. The van der Waals surface area contributed by atoms with E-state index in [2.05, 4.69) is 0 Å². The molecule has 26 heavy (non-hydrogen) atoms. The number of aliphatic hydroxyl groups excluding tert-OH is 2. The molecule has 0 saturated carbocycles. The maximum absolute atomic E-state index is 12.8. The van der Waals surface area contributed by atoms with E-state index in [1.54, 1.807) is 21.0 Å². The van der Waals surface area contributed by atoms with Crippen LogP contribution in [-0.2, 0) is 19.1 Å². The average molecular weight is 373 g/mol. The first-order valence-electron chi connectivity index (χ1n) is 9.71. The lowest BCUT2D eigenvalue weighted by molar-refractivity contribution is -0.168. The van der Waals surface area contributed by atoms with Gasteiger partial charge >= 0.3 is 5.97 Å². The van der Waals surface area contributed by atoms with Gasteiger partial charge < -0.3 is 19.7 Å². The van der Waals surface area contributed by atoms with E-state index in [1.165, 1.54) is 0 Å². The highest BCUT2D eigenvalue weighted by Crippen LogP contribution is 2.30. The van der Waals surface area contributed by atoms with Gasteiger partial charge in [0.15, 0.2) is 0 Å². The minimum Gasteiger partial charge on any atom is -0.459 e. The van der Waals surface area contributed by atoms with Crippen LogP contribution in [0, 0.1) is 17.8 Å². The molecule has 1 aliphatic heterocycles. The van der Waals surface area contributed by atoms with Gasteiger partial charge in [-0.3, -0.25) is 9.59 Å². The van der Waals surface area contributed by atoms with Gasteiger partial charge in [0.1, 0.15) is 18.0 Å². The summed E-state index contributed by atoms with van der Waals surface area (Å²) in [6, 6.07) is 0. The summed E-state index contributed by atoms with van der Waals surface area (Å²) in [4.78, 5) is 25.1. The lowest BCUT2D eigenvalue weighted by Gasteiger charge is -2.34. The van der Waals surface area contributed by atoms with Crippen LogP contribution in [-0.4, -0.2) is 53.0 Å². The van der Waals surface area contributed by atoms with Crippen molar-refractivity contribution in [2.45, 2.75) is 90.6 Å². The summed E-state index contributed by atoms with van der Waals surface area (Å²) in [5.41, 5.74) is -0.474. The molecule has 1 aliphatic rings. The van der Waals surface area contributed by atoms with Crippen molar-refractivity contribution in [3.05, 3.63) is 0 Å². The van der Waals surface area contributed by atoms with Crippen LogP contribution in [0.15, 0.2) is 0 Å². The monoisotopic (exact) mass is 372 g/mol. The third kappa shape index (κ3) is 5.76. The summed E-state index contributed by atoms with van der Waals surface area (Å²) < 4.78 is 11.1. The van der Waals surface area contributed by atoms with E-state index in [0.29, 0.717) is 19.3 Å². The zero-order valence-electron chi connectivity index (χ0n) is 17.0. The number of cyclic esters (lactones) is 1. The molecular weight excluding hydrogens is 336 g/mol. The third-order valence-corrected chi connectivity index (χ3v) is 5.82. The molecule has 1 fully saturated rings. The predicted molar refractivity (Wildman–Crippen MR) is 98.6 cm³/mol. The Hall–Kier alpha value is -0.980. The molecule has 6 nitrogen and oxygen atoms in total.